The quantitative estimate of drug-likeness (QED) is 0.744. The van der Waals surface area contributed by atoms with Crippen LogP contribution in [0.2, 0.25) is 10.0 Å². The van der Waals surface area contributed by atoms with Gasteiger partial charge >= 0.3 is 0 Å². The van der Waals surface area contributed by atoms with Gasteiger partial charge < -0.3 is 5.73 Å². The molecule has 2 nitrogen and oxygen atoms in total. The molecule has 0 bridgehead atoms. The number of nitrogens with zero attached hydrogens (tertiary/aromatic N) is 1. The summed E-state index contributed by atoms with van der Waals surface area (Å²) < 4.78 is 14.4. The van der Waals surface area contributed by atoms with E-state index in [-0.39, 0.29) is 10.9 Å². The van der Waals surface area contributed by atoms with Crippen molar-refractivity contribution in [1.29, 1.82) is 0 Å². The summed E-state index contributed by atoms with van der Waals surface area (Å²) in [6, 6.07) is 4.66. The fraction of sp³-hybridized carbons (Fsp3) is 0.214. The van der Waals surface area contributed by atoms with Gasteiger partial charge in [-0.05, 0) is 57.6 Å². The molecule has 2 N–H and O–H groups in total. The molecule has 0 unspecified atom stereocenters. The average molecular weight is 378 g/mol. The number of anilines is 1. The van der Waals surface area contributed by atoms with Gasteiger partial charge in [0.2, 0.25) is 0 Å². The lowest BCUT2D eigenvalue weighted by atomic mass is 9.93. The molecule has 106 valence electrons. The van der Waals surface area contributed by atoms with Crippen molar-refractivity contribution in [3.8, 4) is 0 Å². The molecule has 1 aromatic carbocycles. The summed E-state index contributed by atoms with van der Waals surface area (Å²) in [6.45, 7) is 1.92. The third-order valence-electron chi connectivity index (χ3n) is 3.07. The van der Waals surface area contributed by atoms with Crippen LogP contribution in [0, 0.1) is 5.82 Å². The topological polar surface area (TPSA) is 38.9 Å². The highest BCUT2D eigenvalue weighted by Crippen LogP contribution is 2.35. The molecule has 20 heavy (non-hydrogen) atoms. The number of hydrogen-bond acceptors (Lipinski definition) is 2. The maximum Gasteiger partial charge on any atom is 0.142 e. The summed E-state index contributed by atoms with van der Waals surface area (Å²) in [5, 5.41) is 0.511. The van der Waals surface area contributed by atoms with Crippen molar-refractivity contribution in [1.82, 2.24) is 4.98 Å². The Labute approximate surface area is 135 Å². The Hall–Kier alpha value is -0.840. The van der Waals surface area contributed by atoms with Gasteiger partial charge in [-0.3, -0.25) is 0 Å². The van der Waals surface area contributed by atoms with E-state index in [9.17, 15) is 4.39 Å². The first-order chi connectivity index (χ1) is 9.40. The smallest absolute Gasteiger partial charge is 0.142 e. The van der Waals surface area contributed by atoms with Crippen LogP contribution in [-0.2, 0) is 6.42 Å². The normalized spacial score (nSPS) is 12.4. The molecule has 0 radical (unpaired) electrons. The van der Waals surface area contributed by atoms with Gasteiger partial charge in [-0.25, -0.2) is 9.37 Å². The number of halogens is 4. The van der Waals surface area contributed by atoms with Gasteiger partial charge in [-0.1, -0.05) is 30.1 Å². The second kappa shape index (κ2) is 6.29. The average Bonchev–Trinajstić information content (AvgIpc) is 2.39. The number of hydrogen-bond donors (Lipinski definition) is 1. The highest BCUT2D eigenvalue weighted by atomic mass is 79.9. The van der Waals surface area contributed by atoms with Crippen LogP contribution in [-0.4, -0.2) is 4.98 Å². The monoisotopic (exact) mass is 376 g/mol. The van der Waals surface area contributed by atoms with E-state index in [1.807, 2.05) is 13.0 Å². The molecule has 0 saturated heterocycles. The number of benzene rings is 1. The Morgan fingerprint density at radius 3 is 2.80 bits per heavy atom. The molecule has 1 atom stereocenters. The highest BCUT2D eigenvalue weighted by molar-refractivity contribution is 9.10. The number of pyridine rings is 1. The predicted molar refractivity (Wildman–Crippen MR) is 84.9 cm³/mol. The minimum atomic E-state index is -0.474. The standard InChI is InChI=1S/C14H12BrCl2FN2/c1-7(4-8-5-9(15)6-20-14(8)19)12-10(16)2-3-11(18)13(12)17/h2-3,5-7H,4H2,1H3,(H2,19,20)/t7-/m0/s1. The van der Waals surface area contributed by atoms with Crippen molar-refractivity contribution < 1.29 is 4.39 Å². The van der Waals surface area contributed by atoms with Crippen LogP contribution in [0.5, 0.6) is 0 Å². The fourth-order valence-corrected chi connectivity index (χ4v) is 3.20. The molecule has 1 aromatic heterocycles. The van der Waals surface area contributed by atoms with E-state index in [2.05, 4.69) is 20.9 Å². The summed E-state index contributed by atoms with van der Waals surface area (Å²) in [4.78, 5) is 4.08. The molecule has 2 aromatic rings. The first-order valence-corrected chi connectivity index (χ1v) is 7.48. The number of nitrogen functional groups attached to an aromatic ring is 1. The Morgan fingerprint density at radius 1 is 1.40 bits per heavy atom. The molecule has 0 spiro atoms. The number of nitrogens with two attached hydrogens (primary N) is 1. The van der Waals surface area contributed by atoms with Crippen LogP contribution in [0.4, 0.5) is 10.2 Å². The molecule has 0 aliphatic heterocycles. The Kier molecular flexibility index (Phi) is 4.89. The molecule has 6 heteroatoms. The molecule has 0 aliphatic rings. The number of rotatable bonds is 3. The Morgan fingerprint density at radius 2 is 2.10 bits per heavy atom. The second-order valence-electron chi connectivity index (χ2n) is 4.56. The van der Waals surface area contributed by atoms with Gasteiger partial charge in [0.15, 0.2) is 0 Å². The van der Waals surface area contributed by atoms with Gasteiger partial charge in [0.05, 0.1) is 5.02 Å². The summed E-state index contributed by atoms with van der Waals surface area (Å²) in [7, 11) is 0. The maximum atomic E-state index is 13.6. The van der Waals surface area contributed by atoms with Crippen molar-refractivity contribution >= 4 is 44.9 Å². The van der Waals surface area contributed by atoms with Crippen molar-refractivity contribution in [2.45, 2.75) is 19.3 Å². The van der Waals surface area contributed by atoms with Gasteiger partial charge in [-0.2, -0.15) is 0 Å². The largest absolute Gasteiger partial charge is 0.383 e. The molecule has 2 rings (SSSR count). The minimum absolute atomic E-state index is 0.0616. The van der Waals surface area contributed by atoms with Crippen LogP contribution in [0.3, 0.4) is 0 Å². The molecule has 0 fully saturated rings. The highest BCUT2D eigenvalue weighted by Gasteiger charge is 2.18. The van der Waals surface area contributed by atoms with Gasteiger partial charge in [0, 0.05) is 15.7 Å². The molecule has 0 amide bonds. The zero-order valence-electron chi connectivity index (χ0n) is 10.6. The Balaban J connectivity index is 2.35. The summed E-state index contributed by atoms with van der Waals surface area (Å²) >= 11 is 15.5. The first kappa shape index (κ1) is 15.5. The van der Waals surface area contributed by atoms with E-state index < -0.39 is 5.82 Å². The minimum Gasteiger partial charge on any atom is -0.383 e. The maximum absolute atomic E-state index is 13.6. The summed E-state index contributed by atoms with van der Waals surface area (Å²) in [5.41, 5.74) is 7.30. The first-order valence-electron chi connectivity index (χ1n) is 5.93. The summed E-state index contributed by atoms with van der Waals surface area (Å²) in [5.74, 6) is -0.106. The molecule has 0 saturated carbocycles. The SMILES string of the molecule is C[C@@H](Cc1cc(Br)cnc1N)c1c(Cl)ccc(F)c1Cl. The van der Waals surface area contributed by atoms with E-state index in [0.717, 1.165) is 10.0 Å². The molecule has 1 heterocycles. The van der Waals surface area contributed by atoms with Crippen molar-refractivity contribution in [3.63, 3.8) is 0 Å². The molecule has 0 aliphatic carbocycles. The number of aromatic nitrogens is 1. The molecular formula is C14H12BrCl2FN2. The van der Waals surface area contributed by atoms with Crippen LogP contribution < -0.4 is 5.73 Å². The second-order valence-corrected chi connectivity index (χ2v) is 6.26. The van der Waals surface area contributed by atoms with E-state index in [1.165, 1.54) is 12.1 Å². The zero-order chi connectivity index (χ0) is 14.9. The molecular weight excluding hydrogens is 366 g/mol. The lowest BCUT2D eigenvalue weighted by molar-refractivity contribution is 0.621. The van der Waals surface area contributed by atoms with Gasteiger partial charge in [0.1, 0.15) is 11.6 Å². The van der Waals surface area contributed by atoms with Gasteiger partial charge in [-0.15, -0.1) is 0 Å². The third kappa shape index (κ3) is 3.25. The predicted octanol–water partition coefficient (Wildman–Crippen LogP) is 5.22. The van der Waals surface area contributed by atoms with E-state index in [0.29, 0.717) is 22.8 Å². The summed E-state index contributed by atoms with van der Waals surface area (Å²) in [6.07, 6.45) is 2.20. The van der Waals surface area contributed by atoms with Crippen molar-refractivity contribution in [2.75, 3.05) is 5.73 Å². The van der Waals surface area contributed by atoms with Crippen LogP contribution in [0.25, 0.3) is 0 Å². The van der Waals surface area contributed by atoms with E-state index >= 15 is 0 Å². The van der Waals surface area contributed by atoms with E-state index in [4.69, 9.17) is 28.9 Å². The lowest BCUT2D eigenvalue weighted by Gasteiger charge is -2.17. The lowest BCUT2D eigenvalue weighted by Crippen LogP contribution is -2.05. The van der Waals surface area contributed by atoms with Crippen LogP contribution in [0.1, 0.15) is 24.0 Å². The van der Waals surface area contributed by atoms with E-state index in [1.54, 1.807) is 6.20 Å². The Bertz CT molecular complexity index is 649. The third-order valence-corrected chi connectivity index (χ3v) is 4.21. The fourth-order valence-electron chi connectivity index (χ4n) is 2.08. The van der Waals surface area contributed by atoms with Crippen LogP contribution in [0.15, 0.2) is 28.9 Å². The van der Waals surface area contributed by atoms with Crippen molar-refractivity contribution in [2.24, 2.45) is 0 Å². The van der Waals surface area contributed by atoms with Crippen molar-refractivity contribution in [3.05, 3.63) is 55.9 Å². The van der Waals surface area contributed by atoms with Gasteiger partial charge in [0.25, 0.3) is 0 Å². The zero-order valence-corrected chi connectivity index (χ0v) is 13.7. The van der Waals surface area contributed by atoms with Crippen LogP contribution >= 0.6 is 39.1 Å².